The number of hydrogen-bond donors (Lipinski definition) is 1. The number of oxime groups is 1. The van der Waals surface area contributed by atoms with Crippen molar-refractivity contribution in [2.75, 3.05) is 6.61 Å². The van der Waals surface area contributed by atoms with Crippen molar-refractivity contribution in [1.29, 1.82) is 0 Å². The van der Waals surface area contributed by atoms with Crippen molar-refractivity contribution in [3.63, 3.8) is 0 Å². The Morgan fingerprint density at radius 3 is 2.68 bits per heavy atom. The van der Waals surface area contributed by atoms with E-state index in [1.165, 1.54) is 5.56 Å². The van der Waals surface area contributed by atoms with Gasteiger partial charge in [-0.25, -0.2) is 0 Å². The predicted octanol–water partition coefficient (Wildman–Crippen LogP) is 2.93. The Balaban J connectivity index is 1.91. The number of benzene rings is 1. The third-order valence-corrected chi connectivity index (χ3v) is 3.32. The molecular formula is C17H21N3O2. The molecule has 0 aliphatic rings. The average Bonchev–Trinajstić information content (AvgIpc) is 2.52. The highest BCUT2D eigenvalue weighted by molar-refractivity contribution is 5.80. The lowest BCUT2D eigenvalue weighted by Gasteiger charge is -2.13. The molecule has 0 unspecified atom stereocenters. The van der Waals surface area contributed by atoms with Gasteiger partial charge in [0.25, 0.3) is 0 Å². The van der Waals surface area contributed by atoms with Crippen LogP contribution in [-0.2, 0) is 11.4 Å². The Hall–Kier alpha value is -2.40. The van der Waals surface area contributed by atoms with E-state index in [2.05, 4.69) is 21.1 Å². The first-order valence-corrected chi connectivity index (χ1v) is 7.23. The first-order chi connectivity index (χ1) is 10.7. The highest BCUT2D eigenvalue weighted by Gasteiger charge is 2.06. The van der Waals surface area contributed by atoms with Gasteiger partial charge in [-0.05, 0) is 67.1 Å². The molecule has 1 heterocycles. The van der Waals surface area contributed by atoms with Crippen molar-refractivity contribution in [1.82, 2.24) is 4.98 Å². The SMILES string of the molecule is Cc1cc(C=NON)cc(C)c1OCCCc1cccnc1. The van der Waals surface area contributed by atoms with Crippen LogP contribution in [0.1, 0.15) is 28.7 Å². The van der Waals surface area contributed by atoms with Gasteiger partial charge in [0.15, 0.2) is 0 Å². The van der Waals surface area contributed by atoms with Crippen LogP contribution >= 0.6 is 0 Å². The van der Waals surface area contributed by atoms with Crippen molar-refractivity contribution in [3.8, 4) is 5.75 Å². The molecule has 5 heteroatoms. The van der Waals surface area contributed by atoms with Gasteiger partial charge in [-0.3, -0.25) is 4.98 Å². The highest BCUT2D eigenvalue weighted by Crippen LogP contribution is 2.24. The molecular weight excluding hydrogens is 278 g/mol. The van der Waals surface area contributed by atoms with Gasteiger partial charge >= 0.3 is 0 Å². The second kappa shape index (κ2) is 8.14. The van der Waals surface area contributed by atoms with Gasteiger partial charge in [0.05, 0.1) is 12.8 Å². The van der Waals surface area contributed by atoms with E-state index in [4.69, 9.17) is 10.6 Å². The van der Waals surface area contributed by atoms with E-state index in [1.807, 2.05) is 38.2 Å². The van der Waals surface area contributed by atoms with E-state index in [0.29, 0.717) is 6.61 Å². The van der Waals surface area contributed by atoms with Crippen LogP contribution in [0.2, 0.25) is 0 Å². The van der Waals surface area contributed by atoms with Gasteiger partial charge < -0.3 is 9.68 Å². The summed E-state index contributed by atoms with van der Waals surface area (Å²) in [5.41, 5.74) is 4.30. The van der Waals surface area contributed by atoms with Gasteiger partial charge in [-0.1, -0.05) is 11.2 Å². The van der Waals surface area contributed by atoms with Crippen LogP contribution in [0.4, 0.5) is 0 Å². The van der Waals surface area contributed by atoms with E-state index in [9.17, 15) is 0 Å². The standard InChI is InChI=1S/C17H21N3O2/c1-13-9-16(12-20-22-18)10-14(2)17(13)21-8-4-6-15-5-3-7-19-11-15/h3,5,7,9-12H,4,6,8,18H2,1-2H3. The molecule has 0 spiro atoms. The molecule has 2 aromatic rings. The number of ether oxygens (including phenoxy) is 1. The zero-order valence-corrected chi connectivity index (χ0v) is 13.0. The summed E-state index contributed by atoms with van der Waals surface area (Å²) in [6.45, 7) is 4.71. The Labute approximate surface area is 130 Å². The lowest BCUT2D eigenvalue weighted by Crippen LogP contribution is -2.03. The molecule has 0 amide bonds. The summed E-state index contributed by atoms with van der Waals surface area (Å²) >= 11 is 0. The summed E-state index contributed by atoms with van der Waals surface area (Å²) in [4.78, 5) is 8.32. The van der Waals surface area contributed by atoms with E-state index in [-0.39, 0.29) is 0 Å². The number of nitrogens with zero attached hydrogens (tertiary/aromatic N) is 2. The molecule has 0 bridgehead atoms. The van der Waals surface area contributed by atoms with Crippen LogP contribution in [0.25, 0.3) is 0 Å². The van der Waals surface area contributed by atoms with Crippen molar-refractivity contribution in [2.45, 2.75) is 26.7 Å². The minimum atomic E-state index is 0.677. The Morgan fingerprint density at radius 1 is 1.27 bits per heavy atom. The highest BCUT2D eigenvalue weighted by atomic mass is 16.7. The maximum Gasteiger partial charge on any atom is 0.125 e. The zero-order chi connectivity index (χ0) is 15.8. The molecule has 22 heavy (non-hydrogen) atoms. The number of aryl methyl sites for hydroxylation is 3. The van der Waals surface area contributed by atoms with Crippen molar-refractivity contribution < 1.29 is 9.68 Å². The number of pyridine rings is 1. The summed E-state index contributed by atoms with van der Waals surface area (Å²) in [6, 6.07) is 8.02. The molecule has 0 fully saturated rings. The molecule has 116 valence electrons. The number of aromatic nitrogens is 1. The number of nitrogens with two attached hydrogens (primary N) is 1. The lowest BCUT2D eigenvalue weighted by molar-refractivity contribution is 0.150. The van der Waals surface area contributed by atoms with Crippen molar-refractivity contribution in [2.24, 2.45) is 11.1 Å². The summed E-state index contributed by atoms with van der Waals surface area (Å²) in [5.74, 6) is 5.81. The monoisotopic (exact) mass is 299 g/mol. The second-order valence-corrected chi connectivity index (χ2v) is 5.14. The van der Waals surface area contributed by atoms with Crippen molar-refractivity contribution in [3.05, 3.63) is 58.9 Å². The fourth-order valence-electron chi connectivity index (χ4n) is 2.37. The minimum Gasteiger partial charge on any atom is -0.493 e. The third-order valence-electron chi connectivity index (χ3n) is 3.32. The smallest absolute Gasteiger partial charge is 0.125 e. The topological polar surface area (TPSA) is 69.7 Å². The fraction of sp³-hybridized carbons (Fsp3) is 0.294. The maximum atomic E-state index is 5.93. The van der Waals surface area contributed by atoms with Gasteiger partial charge in [-0.2, -0.15) is 0 Å². The van der Waals surface area contributed by atoms with Gasteiger partial charge in [-0.15, -0.1) is 5.90 Å². The Bertz CT molecular complexity index is 604. The molecule has 0 atom stereocenters. The predicted molar refractivity (Wildman–Crippen MR) is 86.8 cm³/mol. The molecule has 2 N–H and O–H groups in total. The van der Waals surface area contributed by atoms with Crippen LogP contribution in [-0.4, -0.2) is 17.8 Å². The Kier molecular flexibility index (Phi) is 5.91. The molecule has 0 saturated carbocycles. The second-order valence-electron chi connectivity index (χ2n) is 5.14. The maximum absolute atomic E-state index is 5.93. The molecule has 2 rings (SSSR count). The largest absolute Gasteiger partial charge is 0.493 e. The van der Waals surface area contributed by atoms with Gasteiger partial charge in [0, 0.05) is 12.4 Å². The van der Waals surface area contributed by atoms with E-state index >= 15 is 0 Å². The first kappa shape index (κ1) is 16.0. The average molecular weight is 299 g/mol. The zero-order valence-electron chi connectivity index (χ0n) is 13.0. The van der Waals surface area contributed by atoms with Crippen LogP contribution in [0, 0.1) is 13.8 Å². The van der Waals surface area contributed by atoms with E-state index in [1.54, 1.807) is 12.4 Å². The molecule has 1 aromatic carbocycles. The molecule has 5 nitrogen and oxygen atoms in total. The molecule has 0 radical (unpaired) electrons. The third kappa shape index (κ3) is 4.56. The number of hydrogen-bond acceptors (Lipinski definition) is 5. The van der Waals surface area contributed by atoms with Gasteiger partial charge in [0.2, 0.25) is 0 Å². The first-order valence-electron chi connectivity index (χ1n) is 7.23. The summed E-state index contributed by atoms with van der Waals surface area (Å²) in [5, 5.41) is 3.57. The Morgan fingerprint density at radius 2 is 2.05 bits per heavy atom. The molecule has 0 aliphatic heterocycles. The van der Waals surface area contributed by atoms with E-state index < -0.39 is 0 Å². The van der Waals surface area contributed by atoms with Crippen LogP contribution < -0.4 is 10.6 Å². The fourth-order valence-corrected chi connectivity index (χ4v) is 2.37. The summed E-state index contributed by atoms with van der Waals surface area (Å²) in [6.07, 6.45) is 7.17. The van der Waals surface area contributed by atoms with Crippen molar-refractivity contribution >= 4 is 6.21 Å². The van der Waals surface area contributed by atoms with Crippen LogP contribution in [0.3, 0.4) is 0 Å². The van der Waals surface area contributed by atoms with Crippen LogP contribution in [0.15, 0.2) is 41.8 Å². The molecule has 0 saturated heterocycles. The lowest BCUT2D eigenvalue weighted by atomic mass is 10.1. The summed E-state index contributed by atoms with van der Waals surface area (Å²) < 4.78 is 5.93. The quantitative estimate of drug-likeness (QED) is 0.485. The van der Waals surface area contributed by atoms with Gasteiger partial charge in [0.1, 0.15) is 5.75 Å². The summed E-state index contributed by atoms with van der Waals surface area (Å²) in [7, 11) is 0. The molecule has 1 aromatic heterocycles. The molecule has 0 aliphatic carbocycles. The van der Waals surface area contributed by atoms with Crippen LogP contribution in [0.5, 0.6) is 5.75 Å². The normalized spacial score (nSPS) is 10.9. The minimum absolute atomic E-state index is 0.677. The van der Waals surface area contributed by atoms with E-state index in [0.717, 1.165) is 35.3 Å². The number of rotatable bonds is 7.